The van der Waals surface area contributed by atoms with E-state index in [1.807, 2.05) is 13.8 Å². The molecule has 0 radical (unpaired) electrons. The van der Waals surface area contributed by atoms with Crippen LogP contribution in [-0.4, -0.2) is 135 Å². The maximum atomic E-state index is 14.3. The molecule has 436 valence electrons. The Balaban J connectivity index is 1.85. The van der Waals surface area contributed by atoms with Gasteiger partial charge in [-0.1, -0.05) is 121 Å². The van der Waals surface area contributed by atoms with Crippen molar-refractivity contribution < 1.29 is 68.1 Å². The number of primary amides is 1. The molecular weight excluding hydrogens is 1040 g/mol. The predicted octanol–water partition coefficient (Wildman–Crippen LogP) is 0.220. The fourth-order valence-corrected chi connectivity index (χ4v) is 8.23. The highest BCUT2D eigenvalue weighted by molar-refractivity contribution is 5.98. The Morgan fingerprint density at radius 1 is 0.500 bits per heavy atom. The number of phenolic OH excluding ortho intramolecular Hbond substituents is 1. The Bertz CT molecular complexity index is 2590. The van der Waals surface area contributed by atoms with Gasteiger partial charge in [0.2, 0.25) is 53.2 Å². The number of nitrogens with one attached hydrogen (secondary N) is 8. The van der Waals surface area contributed by atoms with Crippen LogP contribution in [0.3, 0.4) is 0 Å². The average Bonchev–Trinajstić information content (AvgIpc) is 3.42. The molecule has 24 nitrogen and oxygen atoms in total. The van der Waals surface area contributed by atoms with E-state index < -0.39 is 158 Å². The minimum atomic E-state index is -1.70. The molecule has 3 aromatic carbocycles. The van der Waals surface area contributed by atoms with Crippen molar-refractivity contribution in [2.45, 2.75) is 148 Å². The van der Waals surface area contributed by atoms with Crippen molar-refractivity contribution in [2.75, 3.05) is 6.54 Å². The summed E-state index contributed by atoms with van der Waals surface area (Å²) in [5, 5.41) is 49.6. The molecule has 0 saturated carbocycles. The zero-order valence-electron chi connectivity index (χ0n) is 46.0. The van der Waals surface area contributed by atoms with E-state index in [9.17, 15) is 68.1 Å². The lowest BCUT2D eigenvalue weighted by molar-refractivity contribution is -0.143. The van der Waals surface area contributed by atoms with Crippen LogP contribution in [0.1, 0.15) is 96.8 Å². The van der Waals surface area contributed by atoms with Crippen LogP contribution in [0.4, 0.5) is 0 Å². The number of aromatic hydroxyl groups is 1. The third-order valence-electron chi connectivity index (χ3n) is 13.0. The van der Waals surface area contributed by atoms with Gasteiger partial charge in [0, 0.05) is 25.7 Å². The van der Waals surface area contributed by atoms with Gasteiger partial charge >= 0.3 is 11.9 Å². The average molecular weight is 1120 g/mol. The minimum Gasteiger partial charge on any atom is -0.508 e. The first kappa shape index (κ1) is 65.9. The normalized spacial score (nSPS) is 14.5. The summed E-state index contributed by atoms with van der Waals surface area (Å²) in [6, 6.07) is 12.3. The van der Waals surface area contributed by atoms with Crippen molar-refractivity contribution in [3.05, 3.63) is 102 Å². The van der Waals surface area contributed by atoms with Crippen LogP contribution >= 0.6 is 0 Å². The number of benzene rings is 3. The number of hydrogen-bond donors (Lipinski definition) is 13. The number of amides is 9. The molecule has 0 saturated heterocycles. The van der Waals surface area contributed by atoms with Crippen molar-refractivity contribution >= 4 is 65.1 Å². The van der Waals surface area contributed by atoms with Crippen molar-refractivity contribution in [1.29, 1.82) is 0 Å². The molecule has 0 aliphatic heterocycles. The number of carboxylic acids is 2. The molecule has 9 atom stereocenters. The van der Waals surface area contributed by atoms with Gasteiger partial charge in [-0.2, -0.15) is 0 Å². The topological polar surface area (TPSA) is 397 Å². The number of phenols is 1. The number of carbonyl (C=O) groups excluding carboxylic acids is 9. The fraction of sp³-hybridized carbons (Fsp3) is 0.482. The first-order chi connectivity index (χ1) is 37.8. The standard InChI is InChI=1S/C56H78N10O14/c1-7-33(6)48(55(78)64-43(28-35-16-12-9-13-17-35)54(77)66-47(32(4)5)56(79)80)65-45(69)30-59-50(73)39(22-24-44(58)68)60-51(74)40(23-25-46(70)71)61-53(76)42(29-36-18-20-37(67)21-19-36)63-52(75)41(26-31(2)3)62-49(72)38(57)27-34-14-10-8-11-15-34/h8-21,31-33,38-43,47-48,67H,7,22-30,57H2,1-6H3,(H2,58,68)(H,59,73)(H,60,74)(H,61,76)(H,62,72)(H,63,75)(H,64,78)(H,65,69)(H,66,77)(H,70,71)(H,79,80)/t33-,38-,39-,40-,41-,42-,43-,47-,48-/m0/s1. The first-order valence-corrected chi connectivity index (χ1v) is 26.5. The molecule has 80 heavy (non-hydrogen) atoms. The van der Waals surface area contributed by atoms with E-state index in [2.05, 4.69) is 42.5 Å². The highest BCUT2D eigenvalue weighted by Gasteiger charge is 2.35. The Morgan fingerprint density at radius 3 is 1.45 bits per heavy atom. The second-order valence-electron chi connectivity index (χ2n) is 20.4. The van der Waals surface area contributed by atoms with Gasteiger partial charge in [0.05, 0.1) is 12.6 Å². The molecule has 3 rings (SSSR count). The van der Waals surface area contributed by atoms with Crippen LogP contribution in [0.15, 0.2) is 84.9 Å². The van der Waals surface area contributed by atoms with Crippen molar-refractivity contribution in [3.63, 3.8) is 0 Å². The molecule has 15 N–H and O–H groups in total. The molecule has 0 unspecified atom stereocenters. The molecule has 0 bridgehead atoms. The fourth-order valence-electron chi connectivity index (χ4n) is 8.23. The van der Waals surface area contributed by atoms with E-state index in [1.54, 1.807) is 88.4 Å². The summed E-state index contributed by atoms with van der Waals surface area (Å²) in [6.45, 7) is 9.43. The number of aliphatic carboxylic acids is 2. The molecule has 0 aromatic heterocycles. The summed E-state index contributed by atoms with van der Waals surface area (Å²) in [6.07, 6.45) is -1.79. The van der Waals surface area contributed by atoms with Crippen molar-refractivity contribution in [1.82, 2.24) is 42.5 Å². The molecular formula is C56H78N10O14. The monoisotopic (exact) mass is 1110 g/mol. The van der Waals surface area contributed by atoms with Gasteiger partial charge < -0.3 is 69.3 Å². The van der Waals surface area contributed by atoms with Crippen LogP contribution in [0, 0.1) is 17.8 Å². The second-order valence-corrected chi connectivity index (χ2v) is 20.4. The van der Waals surface area contributed by atoms with Crippen LogP contribution in [0.5, 0.6) is 5.75 Å². The minimum absolute atomic E-state index is 0.0395. The Kier molecular flexibility index (Phi) is 27.3. The van der Waals surface area contributed by atoms with Crippen molar-refractivity contribution in [2.24, 2.45) is 29.2 Å². The lowest BCUT2D eigenvalue weighted by Crippen LogP contribution is -2.60. The van der Waals surface area contributed by atoms with Crippen LogP contribution < -0.4 is 54.0 Å². The van der Waals surface area contributed by atoms with E-state index in [0.29, 0.717) is 17.5 Å². The highest BCUT2D eigenvalue weighted by atomic mass is 16.4. The molecule has 0 aliphatic rings. The van der Waals surface area contributed by atoms with Crippen LogP contribution in [-0.2, 0) is 72.0 Å². The Labute approximate surface area is 465 Å². The number of carboxylic acid groups (broad SMARTS) is 2. The largest absolute Gasteiger partial charge is 0.508 e. The van der Waals surface area contributed by atoms with Gasteiger partial charge in [0.25, 0.3) is 0 Å². The second kappa shape index (κ2) is 33.1. The maximum Gasteiger partial charge on any atom is 0.326 e. The first-order valence-electron chi connectivity index (χ1n) is 26.5. The van der Waals surface area contributed by atoms with Gasteiger partial charge in [-0.05, 0) is 72.3 Å². The maximum absolute atomic E-state index is 14.3. The zero-order chi connectivity index (χ0) is 59.6. The van der Waals surface area contributed by atoms with Crippen LogP contribution in [0.25, 0.3) is 0 Å². The van der Waals surface area contributed by atoms with Crippen molar-refractivity contribution in [3.8, 4) is 5.75 Å². The Morgan fingerprint density at radius 2 is 0.950 bits per heavy atom. The molecule has 24 heteroatoms. The van der Waals surface area contributed by atoms with Gasteiger partial charge in [-0.3, -0.25) is 47.9 Å². The number of nitrogens with two attached hydrogens (primary N) is 2. The highest BCUT2D eigenvalue weighted by Crippen LogP contribution is 2.15. The summed E-state index contributed by atoms with van der Waals surface area (Å²) < 4.78 is 0. The van der Waals surface area contributed by atoms with E-state index in [4.69, 9.17) is 11.5 Å². The molecule has 0 aliphatic carbocycles. The van der Waals surface area contributed by atoms with Crippen LogP contribution in [0.2, 0.25) is 0 Å². The lowest BCUT2D eigenvalue weighted by atomic mass is 9.96. The molecule has 0 fully saturated rings. The Hall–Kier alpha value is -8.41. The quantitative estimate of drug-likeness (QED) is 0.0381. The number of rotatable bonds is 34. The van der Waals surface area contributed by atoms with Gasteiger partial charge in [0.15, 0.2) is 0 Å². The summed E-state index contributed by atoms with van der Waals surface area (Å²) in [4.78, 5) is 146. The molecule has 9 amide bonds. The predicted molar refractivity (Wildman–Crippen MR) is 293 cm³/mol. The number of carbonyl (C=O) groups is 11. The smallest absolute Gasteiger partial charge is 0.326 e. The SMILES string of the molecule is CC[C@H](C)[C@H](NC(=O)CNC(=O)[C@H](CCC(N)=O)NC(=O)[C@H](CCC(=O)O)NC(=O)[C@H](Cc1ccc(O)cc1)NC(=O)[C@H](CC(C)C)NC(=O)[C@@H](N)Cc1ccccc1)C(=O)N[C@@H](Cc1ccccc1)C(=O)N[C@H](C(=O)O)C(C)C. The molecule has 0 spiro atoms. The molecule has 3 aromatic rings. The molecule has 0 heterocycles. The third-order valence-corrected chi connectivity index (χ3v) is 13.0. The summed E-state index contributed by atoms with van der Waals surface area (Å²) in [5.41, 5.74) is 13.5. The van der Waals surface area contributed by atoms with E-state index in [-0.39, 0.29) is 37.4 Å². The zero-order valence-corrected chi connectivity index (χ0v) is 46.0. The van der Waals surface area contributed by atoms with E-state index in [0.717, 1.165) is 5.56 Å². The van der Waals surface area contributed by atoms with Gasteiger partial charge in [-0.25, -0.2) is 4.79 Å². The summed E-state index contributed by atoms with van der Waals surface area (Å²) >= 11 is 0. The number of hydrogen-bond acceptors (Lipinski definition) is 13. The van der Waals surface area contributed by atoms with Gasteiger partial charge in [-0.15, -0.1) is 0 Å². The van der Waals surface area contributed by atoms with E-state index >= 15 is 0 Å². The lowest BCUT2D eigenvalue weighted by Gasteiger charge is -2.28. The van der Waals surface area contributed by atoms with E-state index in [1.165, 1.54) is 24.3 Å². The summed E-state index contributed by atoms with van der Waals surface area (Å²) in [7, 11) is 0. The third kappa shape index (κ3) is 23.3. The summed E-state index contributed by atoms with van der Waals surface area (Å²) in [5.74, 6) is -11.9. The van der Waals surface area contributed by atoms with Gasteiger partial charge in [0.1, 0.15) is 48.0 Å².